The highest BCUT2D eigenvalue weighted by Crippen LogP contribution is 2.34. The fourth-order valence-corrected chi connectivity index (χ4v) is 2.42. The molecule has 0 radical (unpaired) electrons. The Bertz CT molecular complexity index is 573. The highest BCUT2D eigenvalue weighted by Gasteiger charge is 2.15. The lowest BCUT2D eigenvalue weighted by Crippen LogP contribution is -1.83. The van der Waals surface area contributed by atoms with E-state index in [4.69, 9.17) is 0 Å². The number of pyridine rings is 1. The molecule has 0 bridgehead atoms. The molecule has 1 aromatic carbocycles. The van der Waals surface area contributed by atoms with Crippen LogP contribution in [0.3, 0.4) is 0 Å². The Labute approximate surface area is 114 Å². The van der Waals surface area contributed by atoms with E-state index in [2.05, 4.69) is 42.2 Å². The van der Waals surface area contributed by atoms with Gasteiger partial charge in [0, 0.05) is 12.4 Å². The molecule has 0 spiro atoms. The number of halogens is 1. The first-order chi connectivity index (χ1) is 8.33. The summed E-state index contributed by atoms with van der Waals surface area (Å²) < 4.78 is 0. The fourth-order valence-electron chi connectivity index (χ4n) is 2.42. The van der Waals surface area contributed by atoms with Gasteiger partial charge in [-0.05, 0) is 54.2 Å². The van der Waals surface area contributed by atoms with E-state index in [0.717, 1.165) is 6.42 Å². The Morgan fingerprint density at radius 2 is 2.06 bits per heavy atom. The third-order valence-electron chi connectivity index (χ3n) is 3.30. The molecular formula is C16H16ClN. The van der Waals surface area contributed by atoms with Gasteiger partial charge in [0.25, 0.3) is 0 Å². The summed E-state index contributed by atoms with van der Waals surface area (Å²) >= 11 is 0. The number of fused-ring (bicyclic) bond motifs is 1. The van der Waals surface area contributed by atoms with E-state index >= 15 is 0 Å². The van der Waals surface area contributed by atoms with Crippen molar-refractivity contribution in [3.05, 3.63) is 65.0 Å². The van der Waals surface area contributed by atoms with Crippen molar-refractivity contribution >= 4 is 24.1 Å². The maximum atomic E-state index is 4.16. The molecule has 0 aliphatic heterocycles. The van der Waals surface area contributed by atoms with Gasteiger partial charge in [-0.15, -0.1) is 12.4 Å². The van der Waals surface area contributed by atoms with Crippen LogP contribution >= 0.6 is 12.4 Å². The molecule has 0 unspecified atom stereocenters. The quantitative estimate of drug-likeness (QED) is 0.742. The predicted molar refractivity (Wildman–Crippen MR) is 78.9 cm³/mol. The van der Waals surface area contributed by atoms with Crippen molar-refractivity contribution in [1.29, 1.82) is 0 Å². The molecule has 3 rings (SSSR count). The number of allylic oxidation sites excluding steroid dienone is 1. The summed E-state index contributed by atoms with van der Waals surface area (Å²) in [6.07, 6.45) is 8.31. The summed E-state index contributed by atoms with van der Waals surface area (Å²) in [5.74, 6) is 0. The van der Waals surface area contributed by atoms with Gasteiger partial charge in [-0.1, -0.05) is 29.8 Å². The summed E-state index contributed by atoms with van der Waals surface area (Å²) in [5.41, 5.74) is 6.87. The first-order valence-corrected chi connectivity index (χ1v) is 6.03. The van der Waals surface area contributed by atoms with Crippen molar-refractivity contribution in [2.24, 2.45) is 0 Å². The van der Waals surface area contributed by atoms with Crippen molar-refractivity contribution < 1.29 is 0 Å². The highest BCUT2D eigenvalue weighted by atomic mass is 35.5. The van der Waals surface area contributed by atoms with E-state index in [9.17, 15) is 0 Å². The summed E-state index contributed by atoms with van der Waals surface area (Å²) in [6, 6.07) is 10.8. The van der Waals surface area contributed by atoms with Crippen LogP contribution in [0.4, 0.5) is 0 Å². The van der Waals surface area contributed by atoms with Crippen molar-refractivity contribution in [3.63, 3.8) is 0 Å². The maximum absolute atomic E-state index is 4.16. The summed E-state index contributed by atoms with van der Waals surface area (Å²) in [4.78, 5) is 4.16. The Morgan fingerprint density at radius 1 is 1.17 bits per heavy atom. The summed E-state index contributed by atoms with van der Waals surface area (Å²) in [5, 5.41) is 0. The molecule has 1 nitrogen and oxygen atoms in total. The Morgan fingerprint density at radius 3 is 2.83 bits per heavy atom. The first-order valence-electron chi connectivity index (χ1n) is 6.03. The number of hydrogen-bond acceptors (Lipinski definition) is 1. The topological polar surface area (TPSA) is 12.9 Å². The van der Waals surface area contributed by atoms with Crippen LogP contribution in [0.15, 0.2) is 42.7 Å². The second kappa shape index (κ2) is 5.36. The minimum atomic E-state index is 0. The lowest BCUT2D eigenvalue weighted by Gasteiger charge is -2.03. The molecule has 1 aliphatic rings. The zero-order valence-electron chi connectivity index (χ0n) is 10.4. The van der Waals surface area contributed by atoms with Gasteiger partial charge in [0.2, 0.25) is 0 Å². The number of rotatable bonds is 1. The zero-order chi connectivity index (χ0) is 11.7. The van der Waals surface area contributed by atoms with E-state index in [-0.39, 0.29) is 12.4 Å². The largest absolute Gasteiger partial charge is 0.264 e. The number of benzene rings is 1. The van der Waals surface area contributed by atoms with E-state index in [1.807, 2.05) is 18.5 Å². The summed E-state index contributed by atoms with van der Waals surface area (Å²) in [7, 11) is 0. The molecule has 0 saturated carbocycles. The van der Waals surface area contributed by atoms with E-state index in [1.165, 1.54) is 34.2 Å². The molecule has 92 valence electrons. The lowest BCUT2D eigenvalue weighted by molar-refractivity contribution is 1.08. The van der Waals surface area contributed by atoms with Gasteiger partial charge in [0.05, 0.1) is 0 Å². The molecule has 18 heavy (non-hydrogen) atoms. The SMILES string of the molecule is Cc1ccc2c(c1)C(=Cc1cccnc1)CC2.Cl. The van der Waals surface area contributed by atoms with Crippen LogP contribution in [0.2, 0.25) is 0 Å². The Hall–Kier alpha value is -1.60. The van der Waals surface area contributed by atoms with Crippen LogP contribution in [0.25, 0.3) is 11.6 Å². The Kier molecular flexibility index (Phi) is 3.83. The van der Waals surface area contributed by atoms with E-state index < -0.39 is 0 Å². The van der Waals surface area contributed by atoms with E-state index in [1.54, 1.807) is 0 Å². The highest BCUT2D eigenvalue weighted by molar-refractivity contribution is 5.85. The van der Waals surface area contributed by atoms with Crippen molar-refractivity contribution in [2.75, 3.05) is 0 Å². The number of aryl methyl sites for hydroxylation is 2. The average Bonchev–Trinajstić information content (AvgIpc) is 2.73. The lowest BCUT2D eigenvalue weighted by atomic mass is 10.0. The number of aromatic nitrogens is 1. The molecule has 0 saturated heterocycles. The maximum Gasteiger partial charge on any atom is 0.0340 e. The third-order valence-corrected chi connectivity index (χ3v) is 3.30. The molecule has 2 heteroatoms. The van der Waals surface area contributed by atoms with Crippen molar-refractivity contribution in [1.82, 2.24) is 4.98 Å². The monoisotopic (exact) mass is 257 g/mol. The smallest absolute Gasteiger partial charge is 0.0340 e. The van der Waals surface area contributed by atoms with Gasteiger partial charge in [-0.3, -0.25) is 4.98 Å². The number of nitrogens with zero attached hydrogens (tertiary/aromatic N) is 1. The molecular weight excluding hydrogens is 242 g/mol. The van der Waals surface area contributed by atoms with Gasteiger partial charge in [-0.25, -0.2) is 0 Å². The number of hydrogen-bond donors (Lipinski definition) is 0. The standard InChI is InChI=1S/C16H15N.ClH/c1-12-4-5-14-6-7-15(16(14)9-12)10-13-3-2-8-17-11-13;/h2-5,8-11H,6-7H2,1H3;1H. The molecule has 0 N–H and O–H groups in total. The second-order valence-corrected chi connectivity index (χ2v) is 4.62. The predicted octanol–water partition coefficient (Wildman–Crippen LogP) is 4.30. The van der Waals surface area contributed by atoms with E-state index in [0.29, 0.717) is 0 Å². The van der Waals surface area contributed by atoms with Crippen LogP contribution < -0.4 is 0 Å². The van der Waals surface area contributed by atoms with Gasteiger partial charge in [0.1, 0.15) is 0 Å². The van der Waals surface area contributed by atoms with Crippen LogP contribution in [0.5, 0.6) is 0 Å². The first kappa shape index (κ1) is 12.8. The zero-order valence-corrected chi connectivity index (χ0v) is 11.2. The van der Waals surface area contributed by atoms with Gasteiger partial charge < -0.3 is 0 Å². The third kappa shape index (κ3) is 2.46. The molecule has 1 aromatic heterocycles. The van der Waals surface area contributed by atoms with Crippen LogP contribution in [0, 0.1) is 6.92 Å². The summed E-state index contributed by atoms with van der Waals surface area (Å²) in [6.45, 7) is 2.15. The normalized spacial score (nSPS) is 15.3. The fraction of sp³-hybridized carbons (Fsp3) is 0.188. The van der Waals surface area contributed by atoms with Gasteiger partial charge >= 0.3 is 0 Å². The minimum absolute atomic E-state index is 0. The molecule has 2 aromatic rings. The average molecular weight is 258 g/mol. The van der Waals surface area contributed by atoms with Crippen LogP contribution in [0.1, 0.15) is 28.7 Å². The van der Waals surface area contributed by atoms with Gasteiger partial charge in [-0.2, -0.15) is 0 Å². The molecule has 0 amide bonds. The van der Waals surface area contributed by atoms with Crippen molar-refractivity contribution in [3.8, 4) is 0 Å². The van der Waals surface area contributed by atoms with Gasteiger partial charge in [0.15, 0.2) is 0 Å². The Balaban J connectivity index is 0.00000120. The second-order valence-electron chi connectivity index (χ2n) is 4.62. The molecule has 0 atom stereocenters. The van der Waals surface area contributed by atoms with Crippen LogP contribution in [-0.2, 0) is 6.42 Å². The molecule has 0 fully saturated rings. The van der Waals surface area contributed by atoms with Crippen LogP contribution in [-0.4, -0.2) is 4.98 Å². The minimum Gasteiger partial charge on any atom is -0.264 e. The molecule has 1 heterocycles. The molecule has 1 aliphatic carbocycles. The van der Waals surface area contributed by atoms with Crippen molar-refractivity contribution in [2.45, 2.75) is 19.8 Å².